The van der Waals surface area contributed by atoms with Crippen LogP contribution in [-0.2, 0) is 11.2 Å². The van der Waals surface area contributed by atoms with Gasteiger partial charge in [0.05, 0.1) is 12.6 Å². The minimum atomic E-state index is -0.670. The number of hydrogen-bond acceptors (Lipinski definition) is 4. The molecule has 5 nitrogen and oxygen atoms in total. The van der Waals surface area contributed by atoms with Gasteiger partial charge in [0, 0.05) is 13.1 Å². The van der Waals surface area contributed by atoms with Crippen molar-refractivity contribution in [3.05, 3.63) is 42.5 Å². The number of phenolic OH excluding ortho intramolecular Hbond substituents is 1. The van der Waals surface area contributed by atoms with E-state index in [0.717, 1.165) is 5.56 Å². The van der Waals surface area contributed by atoms with Gasteiger partial charge in [-0.25, -0.2) is 0 Å². The number of aliphatic hydroxyl groups excluding tert-OH is 1. The quantitative estimate of drug-likeness (QED) is 0.617. The number of benzene rings is 1. The van der Waals surface area contributed by atoms with Crippen LogP contribution in [-0.4, -0.2) is 46.8 Å². The van der Waals surface area contributed by atoms with Crippen LogP contribution in [0.5, 0.6) is 5.75 Å². The lowest BCUT2D eigenvalue weighted by Crippen LogP contribution is -2.46. The minimum Gasteiger partial charge on any atom is -0.508 e. The zero-order valence-electron chi connectivity index (χ0n) is 10.8. The maximum atomic E-state index is 12.1. The summed E-state index contributed by atoms with van der Waals surface area (Å²) in [7, 11) is 0. The number of aliphatic hydroxyl groups is 1. The standard InChI is InChI=1S/C14H20N2O3/c1-2-7-16(8-9-17)14(19)13(15)10-11-3-5-12(18)6-4-11/h2-6,13,17-18H,1,7-10,15H2. The number of carbonyl (C=O) groups excluding carboxylic acids is 1. The molecule has 0 saturated carbocycles. The first kappa shape index (κ1) is 15.2. The molecule has 0 heterocycles. The summed E-state index contributed by atoms with van der Waals surface area (Å²) in [5, 5.41) is 18.1. The van der Waals surface area contributed by atoms with Gasteiger partial charge >= 0.3 is 0 Å². The highest BCUT2D eigenvalue weighted by atomic mass is 16.3. The van der Waals surface area contributed by atoms with Crippen LogP contribution in [0, 0.1) is 0 Å². The lowest BCUT2D eigenvalue weighted by Gasteiger charge is -2.23. The normalized spacial score (nSPS) is 11.9. The third-order valence-electron chi connectivity index (χ3n) is 2.74. The van der Waals surface area contributed by atoms with Gasteiger partial charge in [-0.3, -0.25) is 4.79 Å². The van der Waals surface area contributed by atoms with Gasteiger partial charge in [-0.15, -0.1) is 6.58 Å². The molecule has 0 aromatic heterocycles. The van der Waals surface area contributed by atoms with E-state index in [2.05, 4.69) is 6.58 Å². The number of hydrogen-bond donors (Lipinski definition) is 3. The van der Waals surface area contributed by atoms with Gasteiger partial charge in [-0.2, -0.15) is 0 Å². The lowest BCUT2D eigenvalue weighted by atomic mass is 10.1. The van der Waals surface area contributed by atoms with Gasteiger partial charge in [-0.05, 0) is 24.1 Å². The molecule has 1 atom stereocenters. The summed E-state index contributed by atoms with van der Waals surface area (Å²) in [6, 6.07) is 5.90. The fourth-order valence-corrected chi connectivity index (χ4v) is 1.78. The SMILES string of the molecule is C=CCN(CCO)C(=O)C(N)Cc1ccc(O)cc1. The molecule has 0 aliphatic rings. The molecule has 104 valence electrons. The zero-order chi connectivity index (χ0) is 14.3. The second-order valence-corrected chi connectivity index (χ2v) is 4.27. The first-order valence-corrected chi connectivity index (χ1v) is 6.12. The summed E-state index contributed by atoms with van der Waals surface area (Å²) in [5.74, 6) is -0.0424. The van der Waals surface area contributed by atoms with Crippen molar-refractivity contribution in [2.75, 3.05) is 19.7 Å². The third kappa shape index (κ3) is 4.73. The Morgan fingerprint density at radius 2 is 2.05 bits per heavy atom. The van der Waals surface area contributed by atoms with Gasteiger partial charge in [-0.1, -0.05) is 18.2 Å². The molecular weight excluding hydrogens is 244 g/mol. The molecule has 1 amide bonds. The first-order chi connectivity index (χ1) is 9.08. The topological polar surface area (TPSA) is 86.8 Å². The number of phenols is 1. The predicted molar refractivity (Wildman–Crippen MR) is 73.6 cm³/mol. The minimum absolute atomic E-state index is 0.106. The predicted octanol–water partition coefficient (Wildman–Crippen LogP) is 0.269. The van der Waals surface area contributed by atoms with Crippen LogP contribution in [0.15, 0.2) is 36.9 Å². The van der Waals surface area contributed by atoms with Crippen LogP contribution in [0.25, 0.3) is 0 Å². The largest absolute Gasteiger partial charge is 0.508 e. The summed E-state index contributed by atoms with van der Waals surface area (Å²) in [6.07, 6.45) is 1.99. The maximum Gasteiger partial charge on any atom is 0.240 e. The van der Waals surface area contributed by atoms with E-state index in [9.17, 15) is 9.90 Å². The Hall–Kier alpha value is -1.85. The fourth-order valence-electron chi connectivity index (χ4n) is 1.78. The molecule has 0 aliphatic carbocycles. The van der Waals surface area contributed by atoms with E-state index < -0.39 is 6.04 Å². The van der Waals surface area contributed by atoms with Crippen LogP contribution >= 0.6 is 0 Å². The molecule has 0 saturated heterocycles. The van der Waals surface area contributed by atoms with Crippen molar-refractivity contribution in [2.45, 2.75) is 12.5 Å². The molecule has 1 aromatic carbocycles. The van der Waals surface area contributed by atoms with Crippen molar-refractivity contribution in [1.29, 1.82) is 0 Å². The number of nitrogens with zero attached hydrogens (tertiary/aromatic N) is 1. The molecule has 0 fully saturated rings. The number of rotatable bonds is 7. The summed E-state index contributed by atoms with van der Waals surface area (Å²) in [5.41, 5.74) is 6.76. The van der Waals surface area contributed by atoms with E-state index >= 15 is 0 Å². The van der Waals surface area contributed by atoms with Crippen molar-refractivity contribution in [3.8, 4) is 5.75 Å². The fraction of sp³-hybridized carbons (Fsp3) is 0.357. The van der Waals surface area contributed by atoms with Gasteiger partial charge in [0.25, 0.3) is 0 Å². The smallest absolute Gasteiger partial charge is 0.240 e. The average molecular weight is 264 g/mol. The number of nitrogens with two attached hydrogens (primary N) is 1. The molecule has 0 radical (unpaired) electrons. The number of aromatic hydroxyl groups is 1. The highest BCUT2D eigenvalue weighted by molar-refractivity contribution is 5.82. The van der Waals surface area contributed by atoms with E-state index in [-0.39, 0.29) is 24.8 Å². The van der Waals surface area contributed by atoms with Gasteiger partial charge in [0.2, 0.25) is 5.91 Å². The van der Waals surface area contributed by atoms with E-state index in [4.69, 9.17) is 10.8 Å². The van der Waals surface area contributed by atoms with Gasteiger partial charge in [0.1, 0.15) is 5.75 Å². The van der Waals surface area contributed by atoms with Crippen LogP contribution in [0.4, 0.5) is 0 Å². The monoisotopic (exact) mass is 264 g/mol. The van der Waals surface area contributed by atoms with E-state index in [1.165, 1.54) is 4.90 Å². The van der Waals surface area contributed by atoms with E-state index in [0.29, 0.717) is 13.0 Å². The summed E-state index contributed by atoms with van der Waals surface area (Å²) in [4.78, 5) is 13.6. The Balaban J connectivity index is 2.64. The second-order valence-electron chi connectivity index (χ2n) is 4.27. The summed E-state index contributed by atoms with van der Waals surface area (Å²) in [6.45, 7) is 4.08. The Labute approximate surface area is 113 Å². The Morgan fingerprint density at radius 3 is 2.58 bits per heavy atom. The molecule has 4 N–H and O–H groups in total. The van der Waals surface area contributed by atoms with Crippen molar-refractivity contribution < 1.29 is 15.0 Å². The van der Waals surface area contributed by atoms with Gasteiger partial charge in [0.15, 0.2) is 0 Å². The molecule has 1 unspecified atom stereocenters. The Morgan fingerprint density at radius 1 is 1.42 bits per heavy atom. The Bertz CT molecular complexity index is 417. The molecule has 1 aromatic rings. The lowest BCUT2D eigenvalue weighted by molar-refractivity contribution is -0.132. The molecule has 0 spiro atoms. The van der Waals surface area contributed by atoms with E-state index in [1.807, 2.05) is 0 Å². The van der Waals surface area contributed by atoms with Crippen molar-refractivity contribution in [1.82, 2.24) is 4.90 Å². The summed E-state index contributed by atoms with van der Waals surface area (Å²) >= 11 is 0. The maximum absolute atomic E-state index is 12.1. The molecule has 5 heteroatoms. The number of carbonyl (C=O) groups is 1. The third-order valence-corrected chi connectivity index (χ3v) is 2.74. The van der Waals surface area contributed by atoms with Crippen LogP contribution < -0.4 is 5.73 Å². The van der Waals surface area contributed by atoms with Gasteiger partial charge < -0.3 is 20.8 Å². The van der Waals surface area contributed by atoms with Crippen molar-refractivity contribution in [2.24, 2.45) is 5.73 Å². The Kier molecular flexibility index (Phi) is 6.05. The van der Waals surface area contributed by atoms with Crippen LogP contribution in [0.2, 0.25) is 0 Å². The zero-order valence-corrected chi connectivity index (χ0v) is 10.8. The summed E-state index contributed by atoms with van der Waals surface area (Å²) < 4.78 is 0. The highest BCUT2D eigenvalue weighted by Gasteiger charge is 2.20. The molecule has 0 aliphatic heterocycles. The van der Waals surface area contributed by atoms with E-state index in [1.54, 1.807) is 30.3 Å². The van der Waals surface area contributed by atoms with Crippen molar-refractivity contribution >= 4 is 5.91 Å². The van der Waals surface area contributed by atoms with Crippen LogP contribution in [0.1, 0.15) is 5.56 Å². The highest BCUT2D eigenvalue weighted by Crippen LogP contribution is 2.11. The first-order valence-electron chi connectivity index (χ1n) is 6.12. The molecular formula is C14H20N2O3. The average Bonchev–Trinajstić information content (AvgIpc) is 2.40. The molecule has 19 heavy (non-hydrogen) atoms. The number of amides is 1. The van der Waals surface area contributed by atoms with Crippen LogP contribution in [0.3, 0.4) is 0 Å². The molecule has 0 bridgehead atoms. The van der Waals surface area contributed by atoms with Crippen molar-refractivity contribution in [3.63, 3.8) is 0 Å². The second kappa shape index (κ2) is 7.56. The molecule has 1 rings (SSSR count).